The molecule has 0 bridgehead atoms. The molecule has 0 heterocycles. The molecule has 1 unspecified atom stereocenters. The van der Waals surface area contributed by atoms with Crippen LogP contribution in [0.4, 0.5) is 0 Å². The van der Waals surface area contributed by atoms with Gasteiger partial charge in [-0.25, -0.2) is 0 Å². The number of likely N-dealkylation sites (N-methyl/N-ethyl adjacent to an activating group) is 1. The highest BCUT2D eigenvalue weighted by Gasteiger charge is 2.10. The second kappa shape index (κ2) is 7.82. The molecule has 0 aliphatic carbocycles. The number of hydrogen-bond acceptors (Lipinski definition) is 3. The maximum absolute atomic E-state index is 8.91. The quantitative estimate of drug-likeness (QED) is 0.811. The summed E-state index contributed by atoms with van der Waals surface area (Å²) in [5.41, 5.74) is 7.32. The van der Waals surface area contributed by atoms with Crippen LogP contribution >= 0.6 is 15.9 Å². The largest absolute Gasteiger partial charge is 0.395 e. The average Bonchev–Trinajstić information content (AvgIpc) is 2.34. The maximum atomic E-state index is 8.91. The minimum Gasteiger partial charge on any atom is -0.395 e. The molecule has 0 fully saturated rings. The first kappa shape index (κ1) is 14.6. The Bertz CT molecular complexity index is 333. The Morgan fingerprint density at radius 1 is 1.35 bits per heavy atom. The van der Waals surface area contributed by atoms with E-state index in [-0.39, 0.29) is 12.6 Å². The molecule has 96 valence electrons. The van der Waals surface area contributed by atoms with E-state index in [0.717, 1.165) is 36.1 Å². The van der Waals surface area contributed by atoms with Crippen molar-refractivity contribution in [3.8, 4) is 0 Å². The Kier molecular flexibility index (Phi) is 6.73. The third kappa shape index (κ3) is 4.76. The lowest BCUT2D eigenvalue weighted by Gasteiger charge is -2.22. The van der Waals surface area contributed by atoms with Crippen molar-refractivity contribution in [1.82, 2.24) is 4.90 Å². The number of rotatable bonds is 7. The monoisotopic (exact) mass is 300 g/mol. The Hall–Kier alpha value is -0.420. The van der Waals surface area contributed by atoms with Crippen molar-refractivity contribution >= 4 is 15.9 Å². The van der Waals surface area contributed by atoms with Gasteiger partial charge in [0.2, 0.25) is 0 Å². The highest BCUT2D eigenvalue weighted by atomic mass is 79.9. The van der Waals surface area contributed by atoms with Gasteiger partial charge in [-0.15, -0.1) is 0 Å². The second-order valence-corrected chi connectivity index (χ2v) is 4.93. The minimum absolute atomic E-state index is 0.0401. The molecule has 0 saturated heterocycles. The lowest BCUT2D eigenvalue weighted by Crippen LogP contribution is -2.30. The van der Waals surface area contributed by atoms with E-state index in [1.165, 1.54) is 0 Å². The highest BCUT2D eigenvalue weighted by molar-refractivity contribution is 9.10. The SMILES string of the molecule is CCN(CCO)CCC(N)c1ccccc1Br. The molecule has 0 amide bonds. The molecule has 0 spiro atoms. The molecule has 3 N–H and O–H groups in total. The van der Waals surface area contributed by atoms with Crippen LogP contribution < -0.4 is 5.73 Å². The van der Waals surface area contributed by atoms with Gasteiger partial charge in [-0.05, 0) is 24.6 Å². The summed E-state index contributed by atoms with van der Waals surface area (Å²) < 4.78 is 1.07. The van der Waals surface area contributed by atoms with Gasteiger partial charge in [0, 0.05) is 23.6 Å². The standard InChI is InChI=1S/C13H21BrN2O/c1-2-16(9-10-17)8-7-13(15)11-5-3-4-6-12(11)14/h3-6,13,17H,2,7-10,15H2,1H3. The molecule has 1 aromatic rings. The summed E-state index contributed by atoms with van der Waals surface area (Å²) in [6.45, 7) is 4.89. The van der Waals surface area contributed by atoms with Crippen LogP contribution in [-0.4, -0.2) is 36.2 Å². The van der Waals surface area contributed by atoms with Crippen molar-refractivity contribution in [2.75, 3.05) is 26.2 Å². The van der Waals surface area contributed by atoms with Gasteiger partial charge in [-0.3, -0.25) is 0 Å². The first-order chi connectivity index (χ1) is 8.19. The summed E-state index contributed by atoms with van der Waals surface area (Å²) in [5, 5.41) is 8.91. The predicted molar refractivity (Wildman–Crippen MR) is 74.9 cm³/mol. The Morgan fingerprint density at radius 3 is 2.65 bits per heavy atom. The Labute approximate surface area is 112 Å². The number of hydrogen-bond donors (Lipinski definition) is 2. The van der Waals surface area contributed by atoms with Gasteiger partial charge in [0.15, 0.2) is 0 Å². The zero-order chi connectivity index (χ0) is 12.7. The van der Waals surface area contributed by atoms with E-state index in [2.05, 4.69) is 33.8 Å². The molecular weight excluding hydrogens is 280 g/mol. The fourth-order valence-corrected chi connectivity index (χ4v) is 2.40. The fraction of sp³-hybridized carbons (Fsp3) is 0.538. The van der Waals surface area contributed by atoms with Crippen LogP contribution in [0.5, 0.6) is 0 Å². The number of aliphatic hydroxyl groups excluding tert-OH is 1. The molecule has 0 aliphatic heterocycles. The van der Waals surface area contributed by atoms with Crippen LogP contribution in [0.15, 0.2) is 28.7 Å². The third-order valence-corrected chi connectivity index (χ3v) is 3.65. The topological polar surface area (TPSA) is 49.5 Å². The van der Waals surface area contributed by atoms with E-state index >= 15 is 0 Å². The number of halogens is 1. The van der Waals surface area contributed by atoms with E-state index in [9.17, 15) is 0 Å². The van der Waals surface area contributed by atoms with Crippen LogP contribution in [0.2, 0.25) is 0 Å². The van der Waals surface area contributed by atoms with E-state index in [4.69, 9.17) is 10.8 Å². The Balaban J connectivity index is 2.49. The number of nitrogens with two attached hydrogens (primary N) is 1. The normalized spacial score (nSPS) is 13.0. The number of benzene rings is 1. The smallest absolute Gasteiger partial charge is 0.0558 e. The van der Waals surface area contributed by atoms with Crippen LogP contribution in [0.25, 0.3) is 0 Å². The molecule has 0 radical (unpaired) electrons. The van der Waals surface area contributed by atoms with Crippen molar-refractivity contribution < 1.29 is 5.11 Å². The van der Waals surface area contributed by atoms with Gasteiger partial charge in [-0.1, -0.05) is 41.1 Å². The maximum Gasteiger partial charge on any atom is 0.0558 e. The molecule has 1 atom stereocenters. The zero-order valence-corrected chi connectivity index (χ0v) is 11.9. The lowest BCUT2D eigenvalue weighted by molar-refractivity contribution is 0.197. The van der Waals surface area contributed by atoms with Crippen LogP contribution in [0.3, 0.4) is 0 Å². The van der Waals surface area contributed by atoms with Gasteiger partial charge >= 0.3 is 0 Å². The summed E-state index contributed by atoms with van der Waals surface area (Å²) in [5.74, 6) is 0. The predicted octanol–water partition coefficient (Wildman–Crippen LogP) is 2.15. The fourth-order valence-electron chi connectivity index (χ4n) is 1.82. The van der Waals surface area contributed by atoms with Crippen molar-refractivity contribution in [3.63, 3.8) is 0 Å². The van der Waals surface area contributed by atoms with Crippen molar-refractivity contribution in [2.24, 2.45) is 5.73 Å². The minimum atomic E-state index is 0.0401. The summed E-state index contributed by atoms with van der Waals surface area (Å²) in [6, 6.07) is 8.10. The molecule has 0 saturated carbocycles. The lowest BCUT2D eigenvalue weighted by atomic mass is 10.0. The van der Waals surface area contributed by atoms with Gasteiger partial charge in [0.25, 0.3) is 0 Å². The van der Waals surface area contributed by atoms with E-state index < -0.39 is 0 Å². The van der Waals surface area contributed by atoms with Crippen molar-refractivity contribution in [2.45, 2.75) is 19.4 Å². The van der Waals surface area contributed by atoms with Crippen molar-refractivity contribution in [1.29, 1.82) is 0 Å². The zero-order valence-electron chi connectivity index (χ0n) is 10.3. The molecule has 0 aliphatic rings. The first-order valence-electron chi connectivity index (χ1n) is 6.02. The van der Waals surface area contributed by atoms with E-state index in [1.807, 2.05) is 18.2 Å². The number of aliphatic hydroxyl groups is 1. The first-order valence-corrected chi connectivity index (χ1v) is 6.81. The summed E-state index contributed by atoms with van der Waals surface area (Å²) >= 11 is 3.52. The second-order valence-electron chi connectivity index (χ2n) is 4.07. The van der Waals surface area contributed by atoms with Crippen LogP contribution in [0.1, 0.15) is 24.9 Å². The van der Waals surface area contributed by atoms with Gasteiger partial charge in [-0.2, -0.15) is 0 Å². The van der Waals surface area contributed by atoms with Crippen molar-refractivity contribution in [3.05, 3.63) is 34.3 Å². The molecule has 1 aromatic carbocycles. The molecule has 0 aromatic heterocycles. The molecule has 3 nitrogen and oxygen atoms in total. The molecule has 1 rings (SSSR count). The van der Waals surface area contributed by atoms with E-state index in [0.29, 0.717) is 0 Å². The van der Waals surface area contributed by atoms with Gasteiger partial charge in [0.1, 0.15) is 0 Å². The summed E-state index contributed by atoms with van der Waals surface area (Å²) in [7, 11) is 0. The van der Waals surface area contributed by atoms with E-state index in [1.54, 1.807) is 0 Å². The molecule has 4 heteroatoms. The summed E-state index contributed by atoms with van der Waals surface area (Å²) in [6.07, 6.45) is 0.899. The Morgan fingerprint density at radius 2 is 2.06 bits per heavy atom. The molecular formula is C13H21BrN2O. The van der Waals surface area contributed by atoms with Gasteiger partial charge in [0.05, 0.1) is 6.61 Å². The third-order valence-electron chi connectivity index (χ3n) is 2.92. The number of nitrogens with zero attached hydrogens (tertiary/aromatic N) is 1. The molecule has 17 heavy (non-hydrogen) atoms. The average molecular weight is 301 g/mol. The summed E-state index contributed by atoms with van der Waals surface area (Å²) in [4.78, 5) is 2.21. The van der Waals surface area contributed by atoms with Gasteiger partial charge < -0.3 is 15.7 Å². The van der Waals surface area contributed by atoms with Crippen LogP contribution in [0, 0.1) is 0 Å². The highest BCUT2D eigenvalue weighted by Crippen LogP contribution is 2.23. The van der Waals surface area contributed by atoms with Crippen LogP contribution in [-0.2, 0) is 0 Å².